The van der Waals surface area contributed by atoms with Gasteiger partial charge in [-0.2, -0.15) is 0 Å². The SMILES string of the molecule is Cc1ccc(-c2ccccc2Br)c(Br)c1C. The van der Waals surface area contributed by atoms with Gasteiger partial charge in [0.15, 0.2) is 0 Å². The smallest absolute Gasteiger partial charge is 0.0285 e. The zero-order chi connectivity index (χ0) is 11.7. The molecular weight excluding hydrogens is 328 g/mol. The molecule has 0 saturated carbocycles. The minimum absolute atomic E-state index is 1.12. The van der Waals surface area contributed by atoms with Crippen LogP contribution in [0.3, 0.4) is 0 Å². The molecule has 2 aromatic rings. The predicted molar refractivity (Wildman–Crippen MR) is 76.8 cm³/mol. The summed E-state index contributed by atoms with van der Waals surface area (Å²) in [6.45, 7) is 4.27. The number of halogens is 2. The molecule has 0 heterocycles. The highest BCUT2D eigenvalue weighted by Crippen LogP contribution is 2.36. The summed E-state index contributed by atoms with van der Waals surface area (Å²) in [6, 6.07) is 12.6. The fraction of sp³-hybridized carbons (Fsp3) is 0.143. The summed E-state index contributed by atoms with van der Waals surface area (Å²) in [5.74, 6) is 0. The van der Waals surface area contributed by atoms with Crippen LogP contribution in [0.1, 0.15) is 11.1 Å². The van der Waals surface area contributed by atoms with Crippen LogP contribution >= 0.6 is 31.9 Å². The Labute approximate surface area is 113 Å². The van der Waals surface area contributed by atoms with E-state index in [-0.39, 0.29) is 0 Å². The first-order valence-corrected chi connectivity index (χ1v) is 6.70. The summed E-state index contributed by atoms with van der Waals surface area (Å²) in [5.41, 5.74) is 5.06. The van der Waals surface area contributed by atoms with Crippen molar-refractivity contribution >= 4 is 31.9 Å². The lowest BCUT2D eigenvalue weighted by atomic mass is 10.0. The maximum atomic E-state index is 3.68. The highest BCUT2D eigenvalue weighted by molar-refractivity contribution is 9.11. The Morgan fingerprint density at radius 2 is 1.50 bits per heavy atom. The molecule has 2 rings (SSSR count). The summed E-state index contributed by atoms with van der Waals surface area (Å²) in [7, 11) is 0. The van der Waals surface area contributed by atoms with Crippen molar-refractivity contribution in [1.29, 1.82) is 0 Å². The number of aryl methyl sites for hydroxylation is 1. The third-order valence-corrected chi connectivity index (χ3v) is 4.53. The largest absolute Gasteiger partial charge is 0.0616 e. The van der Waals surface area contributed by atoms with E-state index < -0.39 is 0 Å². The van der Waals surface area contributed by atoms with Crippen LogP contribution in [0.4, 0.5) is 0 Å². The second kappa shape index (κ2) is 4.72. The molecule has 0 spiro atoms. The topological polar surface area (TPSA) is 0 Å². The molecule has 0 bridgehead atoms. The molecule has 0 atom stereocenters. The quantitative estimate of drug-likeness (QED) is 0.644. The van der Waals surface area contributed by atoms with Crippen molar-refractivity contribution in [2.24, 2.45) is 0 Å². The monoisotopic (exact) mass is 338 g/mol. The fourth-order valence-electron chi connectivity index (χ4n) is 1.67. The van der Waals surface area contributed by atoms with Gasteiger partial charge in [-0.25, -0.2) is 0 Å². The van der Waals surface area contributed by atoms with Crippen LogP contribution in [0, 0.1) is 13.8 Å². The van der Waals surface area contributed by atoms with E-state index in [0.717, 1.165) is 4.47 Å². The van der Waals surface area contributed by atoms with E-state index in [0.29, 0.717) is 0 Å². The number of benzene rings is 2. The van der Waals surface area contributed by atoms with E-state index in [9.17, 15) is 0 Å². The van der Waals surface area contributed by atoms with Crippen molar-refractivity contribution in [3.05, 3.63) is 56.5 Å². The van der Waals surface area contributed by atoms with Gasteiger partial charge in [0.2, 0.25) is 0 Å². The highest BCUT2D eigenvalue weighted by Gasteiger charge is 2.09. The van der Waals surface area contributed by atoms with Crippen LogP contribution in [-0.4, -0.2) is 0 Å². The molecule has 0 fully saturated rings. The van der Waals surface area contributed by atoms with Gasteiger partial charge < -0.3 is 0 Å². The van der Waals surface area contributed by atoms with Gasteiger partial charge in [0, 0.05) is 8.95 Å². The Morgan fingerprint density at radius 1 is 0.812 bits per heavy atom. The molecule has 0 unspecified atom stereocenters. The van der Waals surface area contributed by atoms with E-state index in [2.05, 4.69) is 76.0 Å². The molecule has 0 amide bonds. The molecule has 2 aromatic carbocycles. The maximum absolute atomic E-state index is 3.68. The first-order valence-electron chi connectivity index (χ1n) is 5.12. The Kier molecular flexibility index (Phi) is 3.50. The van der Waals surface area contributed by atoms with Crippen molar-refractivity contribution in [3.8, 4) is 11.1 Å². The molecule has 0 aliphatic carbocycles. The van der Waals surface area contributed by atoms with Crippen LogP contribution in [0.25, 0.3) is 11.1 Å². The predicted octanol–water partition coefficient (Wildman–Crippen LogP) is 5.50. The van der Waals surface area contributed by atoms with Gasteiger partial charge >= 0.3 is 0 Å². The minimum Gasteiger partial charge on any atom is -0.0616 e. The van der Waals surface area contributed by atoms with Crippen molar-refractivity contribution in [1.82, 2.24) is 0 Å². The van der Waals surface area contributed by atoms with Crippen LogP contribution in [-0.2, 0) is 0 Å². The molecule has 82 valence electrons. The Balaban J connectivity index is 2.66. The normalized spacial score (nSPS) is 10.5. The molecule has 0 aliphatic rings. The van der Waals surface area contributed by atoms with Gasteiger partial charge in [-0.1, -0.05) is 46.3 Å². The zero-order valence-corrected chi connectivity index (χ0v) is 12.4. The van der Waals surface area contributed by atoms with Crippen molar-refractivity contribution in [2.45, 2.75) is 13.8 Å². The second-order valence-electron chi connectivity index (χ2n) is 3.85. The highest BCUT2D eigenvalue weighted by atomic mass is 79.9. The lowest BCUT2D eigenvalue weighted by Crippen LogP contribution is -1.88. The average molecular weight is 340 g/mol. The lowest BCUT2D eigenvalue weighted by molar-refractivity contribution is 1.31. The van der Waals surface area contributed by atoms with Gasteiger partial charge in [-0.05, 0) is 58.1 Å². The van der Waals surface area contributed by atoms with Crippen molar-refractivity contribution < 1.29 is 0 Å². The molecule has 0 radical (unpaired) electrons. The number of rotatable bonds is 1. The number of hydrogen-bond donors (Lipinski definition) is 0. The van der Waals surface area contributed by atoms with Crippen LogP contribution in [0.15, 0.2) is 45.3 Å². The summed E-state index contributed by atoms with van der Waals surface area (Å²) >= 11 is 7.27. The second-order valence-corrected chi connectivity index (χ2v) is 5.50. The molecule has 16 heavy (non-hydrogen) atoms. The molecule has 0 saturated heterocycles. The third-order valence-electron chi connectivity index (χ3n) is 2.82. The Morgan fingerprint density at radius 3 is 2.19 bits per heavy atom. The van der Waals surface area contributed by atoms with E-state index in [4.69, 9.17) is 0 Å². The molecular formula is C14H12Br2. The van der Waals surface area contributed by atoms with E-state index in [1.54, 1.807) is 0 Å². The number of hydrogen-bond acceptors (Lipinski definition) is 0. The van der Waals surface area contributed by atoms with E-state index in [1.807, 2.05) is 6.07 Å². The Hall–Kier alpha value is -0.600. The molecule has 0 aromatic heterocycles. The fourth-order valence-corrected chi connectivity index (χ4v) is 2.83. The van der Waals surface area contributed by atoms with E-state index >= 15 is 0 Å². The van der Waals surface area contributed by atoms with Gasteiger partial charge in [-0.15, -0.1) is 0 Å². The van der Waals surface area contributed by atoms with Crippen molar-refractivity contribution in [2.75, 3.05) is 0 Å². The molecule has 2 heteroatoms. The van der Waals surface area contributed by atoms with Gasteiger partial charge in [0.05, 0.1) is 0 Å². The average Bonchev–Trinajstić information content (AvgIpc) is 2.28. The molecule has 0 nitrogen and oxygen atoms in total. The summed E-state index contributed by atoms with van der Waals surface area (Å²) in [4.78, 5) is 0. The van der Waals surface area contributed by atoms with Crippen molar-refractivity contribution in [3.63, 3.8) is 0 Å². The summed E-state index contributed by atoms with van der Waals surface area (Å²) in [6.07, 6.45) is 0. The van der Waals surface area contributed by atoms with Crippen LogP contribution in [0.2, 0.25) is 0 Å². The van der Waals surface area contributed by atoms with Gasteiger partial charge in [-0.3, -0.25) is 0 Å². The van der Waals surface area contributed by atoms with Crippen LogP contribution in [0.5, 0.6) is 0 Å². The van der Waals surface area contributed by atoms with E-state index in [1.165, 1.54) is 26.7 Å². The summed E-state index contributed by atoms with van der Waals surface area (Å²) in [5, 5.41) is 0. The third kappa shape index (κ3) is 2.09. The Bertz CT molecular complexity index is 530. The standard InChI is InChI=1S/C14H12Br2/c1-9-7-8-12(14(16)10(9)2)11-5-3-4-6-13(11)15/h3-8H,1-2H3. The first kappa shape index (κ1) is 11.9. The summed E-state index contributed by atoms with van der Waals surface area (Å²) < 4.78 is 2.30. The molecule has 0 N–H and O–H groups in total. The maximum Gasteiger partial charge on any atom is 0.0285 e. The van der Waals surface area contributed by atoms with Gasteiger partial charge in [0.1, 0.15) is 0 Å². The minimum atomic E-state index is 1.12. The van der Waals surface area contributed by atoms with Gasteiger partial charge in [0.25, 0.3) is 0 Å². The zero-order valence-electron chi connectivity index (χ0n) is 9.22. The van der Waals surface area contributed by atoms with Crippen LogP contribution < -0.4 is 0 Å². The molecule has 0 aliphatic heterocycles. The first-order chi connectivity index (χ1) is 7.61. The lowest BCUT2D eigenvalue weighted by Gasteiger charge is -2.11.